The van der Waals surface area contributed by atoms with E-state index in [2.05, 4.69) is 0 Å². The third kappa shape index (κ3) is 7.42. The van der Waals surface area contributed by atoms with Crippen molar-refractivity contribution in [2.24, 2.45) is 0 Å². The first-order chi connectivity index (χ1) is 10.9. The molecule has 0 radical (unpaired) electrons. The number of hydrogen-bond acceptors (Lipinski definition) is 6. The van der Waals surface area contributed by atoms with Gasteiger partial charge in [-0.15, -0.1) is 0 Å². The van der Waals surface area contributed by atoms with Crippen LogP contribution in [0, 0.1) is 0 Å². The van der Waals surface area contributed by atoms with Crippen molar-refractivity contribution < 1.29 is 27.2 Å². The Bertz CT molecular complexity index is 322. The fraction of sp³-hybridized carbons (Fsp3) is 0.929. The Hall–Kier alpha value is -0.296. The van der Waals surface area contributed by atoms with Crippen molar-refractivity contribution in [1.82, 2.24) is 4.90 Å². The summed E-state index contributed by atoms with van der Waals surface area (Å²) in [4.78, 5) is 13.3. The second-order valence-electron chi connectivity index (χ2n) is 4.93. The average molecular weight is 368 g/mol. The summed E-state index contributed by atoms with van der Waals surface area (Å²) in [6, 6.07) is 0. The molecule has 0 saturated carbocycles. The van der Waals surface area contributed by atoms with E-state index in [1.165, 1.54) is 6.92 Å². The molecule has 138 valence electrons. The number of carbonyl (C=O) groups excluding carboxylic acids is 1. The molecule has 0 rings (SSSR count). The van der Waals surface area contributed by atoms with Crippen molar-refractivity contribution in [3.63, 3.8) is 0 Å². The number of ether oxygens (including phenoxy) is 2. The zero-order chi connectivity index (χ0) is 17.9. The van der Waals surface area contributed by atoms with Gasteiger partial charge >= 0.3 is 8.80 Å². The minimum absolute atomic E-state index is 0.0507. The quantitative estimate of drug-likeness (QED) is 0.355. The smallest absolute Gasteiger partial charge is 0.414 e. The van der Waals surface area contributed by atoms with Crippen LogP contribution >= 0.6 is 0 Å². The van der Waals surface area contributed by atoms with E-state index in [-0.39, 0.29) is 17.5 Å². The molecule has 0 aromatic rings. The Morgan fingerprint density at radius 3 is 1.87 bits per heavy atom. The summed E-state index contributed by atoms with van der Waals surface area (Å²) in [5.41, 5.74) is -0.267. The standard InChI is InChI=1S/C14H33NO6Si2/c1-8-17-14(18-9-2)22-21-23(19-10-3,20-11-4)13(6)15(7)12(5)16/h13-14H,8-11,22H2,1-7H3. The van der Waals surface area contributed by atoms with E-state index < -0.39 is 18.6 Å². The van der Waals surface area contributed by atoms with E-state index in [9.17, 15) is 4.79 Å². The molecule has 0 heterocycles. The van der Waals surface area contributed by atoms with Crippen LogP contribution in [0.3, 0.4) is 0 Å². The molecule has 0 aliphatic heterocycles. The van der Waals surface area contributed by atoms with Crippen molar-refractivity contribution >= 4 is 24.5 Å². The Morgan fingerprint density at radius 1 is 1.04 bits per heavy atom. The van der Waals surface area contributed by atoms with Gasteiger partial charge in [0, 0.05) is 40.4 Å². The second kappa shape index (κ2) is 12.1. The molecule has 1 unspecified atom stereocenters. The maximum absolute atomic E-state index is 11.7. The Kier molecular flexibility index (Phi) is 12.0. The van der Waals surface area contributed by atoms with Crippen LogP contribution in [-0.4, -0.2) is 74.4 Å². The van der Waals surface area contributed by atoms with E-state index >= 15 is 0 Å². The first-order valence-corrected chi connectivity index (χ1v) is 11.5. The molecule has 1 amide bonds. The minimum atomic E-state index is -3.04. The summed E-state index contributed by atoms with van der Waals surface area (Å²) < 4.78 is 29.2. The zero-order valence-corrected chi connectivity index (χ0v) is 18.0. The summed E-state index contributed by atoms with van der Waals surface area (Å²) in [5, 5.41) is 0. The third-order valence-corrected chi connectivity index (χ3v) is 9.22. The predicted octanol–water partition coefficient (Wildman–Crippen LogP) is 0.861. The molecule has 0 N–H and O–H groups in total. The number of hydrogen-bond donors (Lipinski definition) is 0. The van der Waals surface area contributed by atoms with Crippen molar-refractivity contribution in [2.45, 2.75) is 53.1 Å². The lowest BCUT2D eigenvalue weighted by molar-refractivity contribution is -0.129. The summed E-state index contributed by atoms with van der Waals surface area (Å²) in [5.74, 6) is -0.391. The lowest BCUT2D eigenvalue weighted by Crippen LogP contribution is -2.63. The van der Waals surface area contributed by atoms with Crippen LogP contribution in [0.25, 0.3) is 0 Å². The number of amides is 1. The molecule has 23 heavy (non-hydrogen) atoms. The highest BCUT2D eigenvalue weighted by molar-refractivity contribution is 6.67. The van der Waals surface area contributed by atoms with Crippen LogP contribution < -0.4 is 0 Å². The molecule has 0 fully saturated rings. The highest BCUT2D eigenvalue weighted by Crippen LogP contribution is 2.19. The van der Waals surface area contributed by atoms with Crippen LogP contribution in [0.15, 0.2) is 0 Å². The zero-order valence-electron chi connectivity index (χ0n) is 15.6. The normalized spacial score (nSPS) is 13.9. The van der Waals surface area contributed by atoms with Gasteiger partial charge in [0.25, 0.3) is 0 Å². The average Bonchev–Trinajstić information content (AvgIpc) is 2.51. The van der Waals surface area contributed by atoms with Gasteiger partial charge in [-0.1, -0.05) is 0 Å². The summed E-state index contributed by atoms with van der Waals surface area (Å²) in [7, 11) is -2.51. The fourth-order valence-electron chi connectivity index (χ4n) is 2.10. The van der Waals surface area contributed by atoms with Gasteiger partial charge in [-0.25, -0.2) is 0 Å². The lowest BCUT2D eigenvalue weighted by atomic mass is 10.5. The molecular formula is C14H33NO6Si2. The van der Waals surface area contributed by atoms with Crippen LogP contribution in [-0.2, 0) is 27.2 Å². The molecule has 0 aliphatic carbocycles. The molecule has 0 bridgehead atoms. The molecule has 9 heteroatoms. The highest BCUT2D eigenvalue weighted by atomic mass is 28.4. The highest BCUT2D eigenvalue weighted by Gasteiger charge is 2.50. The van der Waals surface area contributed by atoms with Crippen LogP contribution in [0.1, 0.15) is 41.5 Å². The van der Waals surface area contributed by atoms with Gasteiger partial charge in [0.1, 0.15) is 0 Å². The number of carbonyl (C=O) groups is 1. The number of rotatable bonds is 13. The maximum atomic E-state index is 11.7. The molecule has 1 atom stereocenters. The largest absolute Gasteiger partial charge is 0.513 e. The van der Waals surface area contributed by atoms with Crippen LogP contribution in [0.2, 0.25) is 0 Å². The maximum Gasteiger partial charge on any atom is 0.513 e. The Balaban J connectivity index is 5.19. The van der Waals surface area contributed by atoms with E-state index in [1.807, 2.05) is 34.6 Å². The molecular weight excluding hydrogens is 334 g/mol. The van der Waals surface area contributed by atoms with E-state index in [0.717, 1.165) is 0 Å². The molecule has 0 aliphatic rings. The third-order valence-electron chi connectivity index (χ3n) is 3.41. The summed E-state index contributed by atoms with van der Waals surface area (Å²) in [6.45, 7) is 13.1. The van der Waals surface area contributed by atoms with Crippen molar-refractivity contribution in [1.29, 1.82) is 0 Å². The van der Waals surface area contributed by atoms with Gasteiger partial charge in [-0.2, -0.15) is 0 Å². The molecule has 7 nitrogen and oxygen atoms in total. The Morgan fingerprint density at radius 2 is 1.52 bits per heavy atom. The van der Waals surface area contributed by atoms with Gasteiger partial charge in [0.05, 0.1) is 5.67 Å². The second-order valence-corrected chi connectivity index (χ2v) is 9.70. The van der Waals surface area contributed by atoms with Gasteiger partial charge in [0.15, 0.2) is 5.91 Å². The van der Waals surface area contributed by atoms with E-state index in [1.54, 1.807) is 11.9 Å². The van der Waals surface area contributed by atoms with Gasteiger partial charge in [0.2, 0.25) is 15.7 Å². The Labute approximate surface area is 143 Å². The monoisotopic (exact) mass is 367 g/mol. The van der Waals surface area contributed by atoms with Gasteiger partial charge in [-0.05, 0) is 34.6 Å². The van der Waals surface area contributed by atoms with Gasteiger partial charge in [-0.3, -0.25) is 4.79 Å². The SMILES string of the molecule is CCOC(OCC)[SiH2]O[Si](OCC)(OCC)C(C)N(C)C(C)=O. The molecule has 0 aromatic heterocycles. The molecule has 0 spiro atoms. The van der Waals surface area contributed by atoms with Crippen molar-refractivity contribution in [2.75, 3.05) is 33.5 Å². The molecule has 0 saturated heterocycles. The van der Waals surface area contributed by atoms with E-state index in [0.29, 0.717) is 26.4 Å². The van der Waals surface area contributed by atoms with Crippen LogP contribution in [0.4, 0.5) is 0 Å². The summed E-state index contributed by atoms with van der Waals surface area (Å²) >= 11 is 0. The first-order valence-electron chi connectivity index (χ1n) is 8.26. The van der Waals surface area contributed by atoms with Crippen molar-refractivity contribution in [3.05, 3.63) is 0 Å². The van der Waals surface area contributed by atoms with Crippen LogP contribution in [0.5, 0.6) is 0 Å². The fourth-order valence-corrected chi connectivity index (χ4v) is 7.89. The first kappa shape index (κ1) is 22.7. The predicted molar refractivity (Wildman–Crippen MR) is 93.6 cm³/mol. The lowest BCUT2D eigenvalue weighted by Gasteiger charge is -2.38. The minimum Gasteiger partial charge on any atom is -0.414 e. The van der Waals surface area contributed by atoms with Gasteiger partial charge < -0.3 is 27.3 Å². The topological polar surface area (TPSA) is 66.5 Å². The summed E-state index contributed by atoms with van der Waals surface area (Å²) in [6.07, 6.45) is 0. The van der Waals surface area contributed by atoms with E-state index in [4.69, 9.17) is 22.4 Å². The van der Waals surface area contributed by atoms with Crippen molar-refractivity contribution in [3.8, 4) is 0 Å². The number of nitrogens with zero attached hydrogens (tertiary/aromatic N) is 1. The molecule has 0 aromatic carbocycles.